The van der Waals surface area contributed by atoms with E-state index >= 15 is 0 Å². The van der Waals surface area contributed by atoms with E-state index in [1.807, 2.05) is 31.2 Å². The smallest absolute Gasteiger partial charge is 0.138 e. The second kappa shape index (κ2) is 4.44. The van der Waals surface area contributed by atoms with E-state index < -0.39 is 0 Å². The third kappa shape index (κ3) is 2.06. The number of hydrogen-bond acceptors (Lipinski definition) is 1. The molecule has 3 heteroatoms. The van der Waals surface area contributed by atoms with Crippen LogP contribution in [0.4, 0.5) is 0 Å². The van der Waals surface area contributed by atoms with Crippen LogP contribution in [0.2, 0.25) is 10.3 Å². The second-order valence-corrected chi connectivity index (χ2v) is 4.57. The van der Waals surface area contributed by atoms with Gasteiger partial charge < -0.3 is 0 Å². The van der Waals surface area contributed by atoms with E-state index in [9.17, 15) is 0 Å². The van der Waals surface area contributed by atoms with Gasteiger partial charge in [-0.15, -0.1) is 0 Å². The molecule has 0 unspecified atom stereocenters. The summed E-state index contributed by atoms with van der Waals surface area (Å²) in [7, 11) is 0. The van der Waals surface area contributed by atoms with Gasteiger partial charge in [-0.1, -0.05) is 59.6 Å². The van der Waals surface area contributed by atoms with Gasteiger partial charge in [-0.3, -0.25) is 0 Å². The number of pyridine rings is 1. The largest absolute Gasteiger partial charge is 0.223 e. The van der Waals surface area contributed by atoms with Crippen LogP contribution in [0.15, 0.2) is 36.4 Å². The van der Waals surface area contributed by atoms with Crippen LogP contribution < -0.4 is 0 Å². The van der Waals surface area contributed by atoms with Crippen molar-refractivity contribution in [2.45, 2.75) is 13.3 Å². The van der Waals surface area contributed by atoms with E-state index in [-0.39, 0.29) is 0 Å². The van der Waals surface area contributed by atoms with Gasteiger partial charge in [0.2, 0.25) is 0 Å². The molecule has 1 aromatic heterocycles. The monoisotopic (exact) mass is 251 g/mol. The van der Waals surface area contributed by atoms with E-state index in [1.54, 1.807) is 0 Å². The van der Waals surface area contributed by atoms with Gasteiger partial charge in [0.1, 0.15) is 10.3 Å². The molecule has 0 bridgehead atoms. The van der Waals surface area contributed by atoms with Gasteiger partial charge in [-0.25, -0.2) is 4.98 Å². The zero-order valence-corrected chi connectivity index (χ0v) is 10.4. The lowest BCUT2D eigenvalue weighted by Crippen LogP contribution is -1.93. The second-order valence-electron chi connectivity index (χ2n) is 3.85. The lowest BCUT2D eigenvalue weighted by molar-refractivity contribution is 1.14. The van der Waals surface area contributed by atoms with Crippen LogP contribution >= 0.6 is 23.2 Å². The summed E-state index contributed by atoms with van der Waals surface area (Å²) in [5, 5.41) is 2.90. The van der Waals surface area contributed by atoms with Crippen LogP contribution in [-0.4, -0.2) is 4.98 Å². The maximum absolute atomic E-state index is 6.12. The summed E-state index contributed by atoms with van der Waals surface area (Å²) in [5.41, 5.74) is 2.05. The van der Waals surface area contributed by atoms with E-state index in [4.69, 9.17) is 23.2 Å². The highest BCUT2D eigenvalue weighted by Crippen LogP contribution is 2.30. The SMILES string of the molecule is C=C(C)Cc1c(Cl)nc(Cl)c2ccccc12. The standard InChI is InChI=1S/C13H11Cl2N/c1-8(2)7-11-9-5-3-4-6-10(9)12(14)16-13(11)15/h3-6H,1,7H2,2H3. The highest BCUT2D eigenvalue weighted by Gasteiger charge is 2.10. The van der Waals surface area contributed by atoms with Crippen molar-refractivity contribution in [3.63, 3.8) is 0 Å². The Hall–Kier alpha value is -1.05. The van der Waals surface area contributed by atoms with Crippen LogP contribution in [0.5, 0.6) is 0 Å². The topological polar surface area (TPSA) is 12.9 Å². The molecule has 0 saturated heterocycles. The Balaban J connectivity index is 2.76. The minimum atomic E-state index is 0.450. The van der Waals surface area contributed by atoms with Gasteiger partial charge in [0.25, 0.3) is 0 Å². The first-order valence-electron chi connectivity index (χ1n) is 4.96. The minimum Gasteiger partial charge on any atom is -0.223 e. The Labute approximate surface area is 105 Å². The van der Waals surface area contributed by atoms with Crippen LogP contribution in [0.3, 0.4) is 0 Å². The van der Waals surface area contributed by atoms with Gasteiger partial charge in [0.05, 0.1) is 0 Å². The molecule has 0 fully saturated rings. The molecule has 1 heterocycles. The van der Waals surface area contributed by atoms with Crippen molar-refractivity contribution in [3.05, 3.63) is 52.3 Å². The van der Waals surface area contributed by atoms with Crippen molar-refractivity contribution in [1.29, 1.82) is 0 Å². The Bertz CT molecular complexity index is 561. The first kappa shape index (κ1) is 11.4. The quantitative estimate of drug-likeness (QED) is 0.559. The summed E-state index contributed by atoms with van der Waals surface area (Å²) in [6.07, 6.45) is 0.726. The predicted octanol–water partition coefficient (Wildman–Crippen LogP) is 4.66. The van der Waals surface area contributed by atoms with Crippen LogP contribution in [0.1, 0.15) is 12.5 Å². The molecular formula is C13H11Cl2N. The average Bonchev–Trinajstić information content (AvgIpc) is 2.24. The zero-order valence-electron chi connectivity index (χ0n) is 8.93. The molecule has 2 aromatic rings. The zero-order chi connectivity index (χ0) is 11.7. The fourth-order valence-corrected chi connectivity index (χ4v) is 2.27. The first-order chi connectivity index (χ1) is 7.59. The lowest BCUT2D eigenvalue weighted by Gasteiger charge is -2.09. The summed E-state index contributed by atoms with van der Waals surface area (Å²) in [6.45, 7) is 5.87. The van der Waals surface area contributed by atoms with Gasteiger partial charge in [-0.05, 0) is 18.7 Å². The van der Waals surface area contributed by atoms with Crippen LogP contribution in [0.25, 0.3) is 10.8 Å². The Morgan fingerprint density at radius 3 is 2.44 bits per heavy atom. The van der Waals surface area contributed by atoms with Gasteiger partial charge in [-0.2, -0.15) is 0 Å². The van der Waals surface area contributed by atoms with E-state index in [2.05, 4.69) is 11.6 Å². The molecule has 16 heavy (non-hydrogen) atoms. The summed E-state index contributed by atoms with van der Waals surface area (Å²) in [6, 6.07) is 7.86. The molecule has 1 aromatic carbocycles. The van der Waals surface area contributed by atoms with E-state index in [0.717, 1.165) is 28.3 Å². The highest BCUT2D eigenvalue weighted by atomic mass is 35.5. The minimum absolute atomic E-state index is 0.450. The molecule has 0 aliphatic heterocycles. The first-order valence-corrected chi connectivity index (χ1v) is 5.72. The number of allylic oxidation sites excluding steroid dienone is 1. The van der Waals surface area contributed by atoms with Gasteiger partial charge in [0, 0.05) is 10.9 Å². The third-order valence-electron chi connectivity index (χ3n) is 2.40. The summed E-state index contributed by atoms with van der Waals surface area (Å²) in [4.78, 5) is 4.14. The fourth-order valence-electron chi connectivity index (χ4n) is 1.72. The van der Waals surface area contributed by atoms with E-state index in [1.165, 1.54) is 0 Å². The predicted molar refractivity (Wildman–Crippen MR) is 70.3 cm³/mol. The van der Waals surface area contributed by atoms with Crippen molar-refractivity contribution in [2.75, 3.05) is 0 Å². The van der Waals surface area contributed by atoms with Crippen molar-refractivity contribution in [2.24, 2.45) is 0 Å². The average molecular weight is 252 g/mol. The molecule has 0 spiro atoms. The van der Waals surface area contributed by atoms with Crippen LogP contribution in [-0.2, 0) is 6.42 Å². The number of nitrogens with zero attached hydrogens (tertiary/aromatic N) is 1. The Kier molecular flexibility index (Phi) is 3.17. The number of halogens is 2. The Morgan fingerprint density at radius 2 is 1.81 bits per heavy atom. The molecule has 0 aliphatic carbocycles. The molecule has 1 nitrogen and oxygen atoms in total. The number of benzene rings is 1. The molecular weight excluding hydrogens is 241 g/mol. The van der Waals surface area contributed by atoms with Crippen molar-refractivity contribution < 1.29 is 0 Å². The highest BCUT2D eigenvalue weighted by molar-refractivity contribution is 6.37. The van der Waals surface area contributed by atoms with Crippen molar-refractivity contribution >= 4 is 34.0 Å². The molecule has 0 aliphatic rings. The fraction of sp³-hybridized carbons (Fsp3) is 0.154. The molecule has 0 saturated carbocycles. The Morgan fingerprint density at radius 1 is 1.19 bits per heavy atom. The maximum Gasteiger partial charge on any atom is 0.138 e. The third-order valence-corrected chi connectivity index (χ3v) is 3.00. The molecule has 0 N–H and O–H groups in total. The number of aromatic nitrogens is 1. The van der Waals surface area contributed by atoms with Crippen molar-refractivity contribution in [1.82, 2.24) is 4.98 Å². The summed E-state index contributed by atoms with van der Waals surface area (Å²) >= 11 is 12.2. The molecule has 2 rings (SSSR count). The normalized spacial score (nSPS) is 10.7. The maximum atomic E-state index is 6.12. The van der Waals surface area contributed by atoms with Gasteiger partial charge >= 0.3 is 0 Å². The molecule has 0 radical (unpaired) electrons. The number of rotatable bonds is 2. The molecule has 0 amide bonds. The molecule has 82 valence electrons. The van der Waals surface area contributed by atoms with E-state index in [0.29, 0.717) is 10.3 Å². The lowest BCUT2D eigenvalue weighted by atomic mass is 10.0. The van der Waals surface area contributed by atoms with Crippen LogP contribution in [0, 0.1) is 0 Å². The molecule has 0 atom stereocenters. The summed E-state index contributed by atoms with van der Waals surface area (Å²) < 4.78 is 0. The van der Waals surface area contributed by atoms with Gasteiger partial charge in [0.15, 0.2) is 0 Å². The summed E-state index contributed by atoms with van der Waals surface area (Å²) in [5.74, 6) is 0. The number of hydrogen-bond donors (Lipinski definition) is 0. The number of fused-ring (bicyclic) bond motifs is 1. The van der Waals surface area contributed by atoms with Crippen molar-refractivity contribution in [3.8, 4) is 0 Å².